The van der Waals surface area contributed by atoms with Crippen molar-refractivity contribution in [3.63, 3.8) is 0 Å². The Bertz CT molecular complexity index is 752. The molecule has 1 atom stereocenters. The summed E-state index contributed by atoms with van der Waals surface area (Å²) in [7, 11) is 0. The molecule has 0 saturated carbocycles. The zero-order chi connectivity index (χ0) is 19.9. The minimum Gasteiger partial charge on any atom is -0.491 e. The van der Waals surface area contributed by atoms with Crippen LogP contribution in [-0.4, -0.2) is 24.3 Å². The van der Waals surface area contributed by atoms with Crippen molar-refractivity contribution in [2.75, 3.05) is 23.3 Å². The van der Waals surface area contributed by atoms with Gasteiger partial charge in [0.15, 0.2) is 5.11 Å². The van der Waals surface area contributed by atoms with Crippen LogP contribution in [0, 0.1) is 0 Å². The lowest BCUT2D eigenvalue weighted by atomic mass is 10.1. The molecule has 0 radical (unpaired) electrons. The number of nitrogens with one attached hydrogen (secondary N) is 2. The van der Waals surface area contributed by atoms with Gasteiger partial charge in [-0.1, -0.05) is 12.1 Å². The molecule has 28 heavy (non-hydrogen) atoms. The van der Waals surface area contributed by atoms with Crippen molar-refractivity contribution in [2.24, 2.45) is 0 Å². The molecular weight excluding hydrogens is 366 g/mol. The van der Waals surface area contributed by atoms with Crippen molar-refractivity contribution in [2.45, 2.75) is 52.2 Å². The Balaban J connectivity index is 1.52. The third-order valence-corrected chi connectivity index (χ3v) is 5.17. The predicted molar refractivity (Wildman–Crippen MR) is 122 cm³/mol. The smallest absolute Gasteiger partial charge is 0.171 e. The van der Waals surface area contributed by atoms with Gasteiger partial charge in [-0.15, -0.1) is 0 Å². The first-order valence-corrected chi connectivity index (χ1v) is 10.6. The van der Waals surface area contributed by atoms with Crippen LogP contribution in [0.3, 0.4) is 0 Å². The maximum atomic E-state index is 5.67. The second-order valence-corrected chi connectivity index (χ2v) is 8.06. The number of hydrogen-bond donors (Lipinski definition) is 2. The van der Waals surface area contributed by atoms with Crippen molar-refractivity contribution < 1.29 is 4.74 Å². The lowest BCUT2D eigenvalue weighted by Crippen LogP contribution is -2.31. The minimum atomic E-state index is 0.138. The highest BCUT2D eigenvalue weighted by atomic mass is 32.1. The van der Waals surface area contributed by atoms with E-state index < -0.39 is 0 Å². The Morgan fingerprint density at radius 3 is 2.18 bits per heavy atom. The molecule has 1 saturated heterocycles. The van der Waals surface area contributed by atoms with Crippen LogP contribution in [0.2, 0.25) is 0 Å². The topological polar surface area (TPSA) is 36.5 Å². The highest BCUT2D eigenvalue weighted by Gasteiger charge is 2.12. The van der Waals surface area contributed by atoms with E-state index >= 15 is 0 Å². The molecule has 2 aromatic rings. The number of piperidine rings is 1. The van der Waals surface area contributed by atoms with Crippen LogP contribution in [0.4, 0.5) is 11.4 Å². The molecule has 3 rings (SSSR count). The molecule has 0 aromatic heterocycles. The van der Waals surface area contributed by atoms with E-state index in [2.05, 4.69) is 46.7 Å². The highest BCUT2D eigenvalue weighted by molar-refractivity contribution is 7.80. The SMILES string of the molecule is CC(C)Oc1ccc(NC(=S)NC(C)c2ccc(N3CCCCC3)cc2)cc1. The summed E-state index contributed by atoms with van der Waals surface area (Å²) in [5.74, 6) is 0.863. The molecule has 0 spiro atoms. The van der Waals surface area contributed by atoms with Gasteiger partial charge in [0.2, 0.25) is 0 Å². The molecule has 1 aliphatic rings. The van der Waals surface area contributed by atoms with E-state index in [1.54, 1.807) is 0 Å². The molecule has 1 heterocycles. The van der Waals surface area contributed by atoms with E-state index in [1.807, 2.05) is 38.1 Å². The van der Waals surface area contributed by atoms with Gasteiger partial charge in [-0.2, -0.15) is 0 Å². The standard InChI is InChI=1S/C23H31N3OS/c1-17(2)27-22-13-9-20(10-14-22)25-23(28)24-18(3)19-7-11-21(12-8-19)26-15-5-4-6-16-26/h7-14,17-18H,4-6,15-16H2,1-3H3,(H2,24,25,28). The molecule has 150 valence electrons. The largest absolute Gasteiger partial charge is 0.491 e. The third-order valence-electron chi connectivity index (χ3n) is 4.95. The molecule has 0 aliphatic carbocycles. The van der Waals surface area contributed by atoms with E-state index in [-0.39, 0.29) is 12.1 Å². The van der Waals surface area contributed by atoms with E-state index in [9.17, 15) is 0 Å². The van der Waals surface area contributed by atoms with E-state index in [1.165, 1.54) is 43.6 Å². The minimum absolute atomic E-state index is 0.138. The second-order valence-electron chi connectivity index (χ2n) is 7.65. The van der Waals surface area contributed by atoms with Gasteiger partial charge in [0.05, 0.1) is 12.1 Å². The summed E-state index contributed by atoms with van der Waals surface area (Å²) in [5.41, 5.74) is 3.49. The van der Waals surface area contributed by atoms with E-state index in [0.29, 0.717) is 5.11 Å². The van der Waals surface area contributed by atoms with Crippen molar-refractivity contribution in [3.05, 3.63) is 54.1 Å². The molecule has 2 aromatic carbocycles. The molecule has 0 amide bonds. The van der Waals surface area contributed by atoms with Crippen LogP contribution in [0.1, 0.15) is 51.6 Å². The van der Waals surface area contributed by atoms with Crippen LogP contribution in [0.15, 0.2) is 48.5 Å². The van der Waals surface area contributed by atoms with Gasteiger partial charge in [0.25, 0.3) is 0 Å². The zero-order valence-electron chi connectivity index (χ0n) is 17.1. The Labute approximate surface area is 174 Å². The van der Waals surface area contributed by atoms with Crippen molar-refractivity contribution in [3.8, 4) is 5.75 Å². The van der Waals surface area contributed by atoms with Crippen molar-refractivity contribution >= 4 is 28.7 Å². The summed E-state index contributed by atoms with van der Waals surface area (Å²) in [6.45, 7) is 8.51. The number of thiocarbonyl (C=S) groups is 1. The van der Waals surface area contributed by atoms with Gasteiger partial charge >= 0.3 is 0 Å². The van der Waals surface area contributed by atoms with Gasteiger partial charge in [-0.05, 0) is 94.2 Å². The molecule has 1 unspecified atom stereocenters. The van der Waals surface area contributed by atoms with Gasteiger partial charge < -0.3 is 20.3 Å². The fourth-order valence-electron chi connectivity index (χ4n) is 3.46. The number of benzene rings is 2. The molecule has 2 N–H and O–H groups in total. The maximum absolute atomic E-state index is 5.67. The first-order chi connectivity index (χ1) is 13.5. The van der Waals surface area contributed by atoms with Crippen LogP contribution in [0.25, 0.3) is 0 Å². The Kier molecular flexibility index (Phi) is 7.15. The summed E-state index contributed by atoms with van der Waals surface area (Å²) >= 11 is 5.48. The van der Waals surface area contributed by atoms with E-state index in [0.717, 1.165) is 11.4 Å². The lowest BCUT2D eigenvalue weighted by molar-refractivity contribution is 0.242. The van der Waals surface area contributed by atoms with Gasteiger partial charge in [0.1, 0.15) is 5.75 Å². The van der Waals surface area contributed by atoms with E-state index in [4.69, 9.17) is 17.0 Å². The predicted octanol–water partition coefficient (Wildman–Crippen LogP) is 5.51. The normalized spacial score (nSPS) is 15.2. The fraction of sp³-hybridized carbons (Fsp3) is 0.435. The van der Waals surface area contributed by atoms with Crippen LogP contribution >= 0.6 is 12.2 Å². The maximum Gasteiger partial charge on any atom is 0.171 e. The molecule has 4 nitrogen and oxygen atoms in total. The Morgan fingerprint density at radius 1 is 0.929 bits per heavy atom. The Morgan fingerprint density at radius 2 is 1.57 bits per heavy atom. The second kappa shape index (κ2) is 9.78. The molecule has 5 heteroatoms. The van der Waals surface area contributed by atoms with Crippen LogP contribution < -0.4 is 20.3 Å². The summed E-state index contributed by atoms with van der Waals surface area (Å²) in [6.07, 6.45) is 4.12. The number of ether oxygens (including phenoxy) is 1. The van der Waals surface area contributed by atoms with Gasteiger partial charge in [-0.3, -0.25) is 0 Å². The van der Waals surface area contributed by atoms with Gasteiger partial charge in [-0.25, -0.2) is 0 Å². The quantitative estimate of drug-likeness (QED) is 0.629. The highest BCUT2D eigenvalue weighted by Crippen LogP contribution is 2.23. The monoisotopic (exact) mass is 397 g/mol. The lowest BCUT2D eigenvalue weighted by Gasteiger charge is -2.29. The van der Waals surface area contributed by atoms with Crippen LogP contribution in [-0.2, 0) is 0 Å². The summed E-state index contributed by atoms with van der Waals surface area (Å²) in [6, 6.07) is 16.8. The zero-order valence-corrected chi connectivity index (χ0v) is 17.9. The molecular formula is C23H31N3OS. The summed E-state index contributed by atoms with van der Waals surface area (Å²) < 4.78 is 5.67. The number of hydrogen-bond acceptors (Lipinski definition) is 3. The van der Waals surface area contributed by atoms with Gasteiger partial charge in [0, 0.05) is 24.5 Å². The molecule has 1 fully saturated rings. The van der Waals surface area contributed by atoms with Crippen molar-refractivity contribution in [1.29, 1.82) is 0 Å². The average Bonchev–Trinajstić information content (AvgIpc) is 2.70. The van der Waals surface area contributed by atoms with Crippen LogP contribution in [0.5, 0.6) is 5.75 Å². The number of nitrogens with zero attached hydrogens (tertiary/aromatic N) is 1. The first-order valence-electron chi connectivity index (χ1n) is 10.2. The number of rotatable bonds is 6. The average molecular weight is 398 g/mol. The first kappa shape index (κ1) is 20.5. The summed E-state index contributed by atoms with van der Waals surface area (Å²) in [5, 5.41) is 7.22. The molecule has 0 bridgehead atoms. The third kappa shape index (κ3) is 5.86. The number of anilines is 2. The fourth-order valence-corrected chi connectivity index (χ4v) is 3.76. The van der Waals surface area contributed by atoms with Crippen molar-refractivity contribution in [1.82, 2.24) is 5.32 Å². The molecule has 1 aliphatic heterocycles. The Hall–Kier alpha value is -2.27. The summed E-state index contributed by atoms with van der Waals surface area (Å²) in [4.78, 5) is 2.48.